The molecule has 2 aromatic heterocycles. The molecule has 11 heteroatoms. The van der Waals surface area contributed by atoms with Gasteiger partial charge in [-0.25, -0.2) is 0 Å². The van der Waals surface area contributed by atoms with Gasteiger partial charge in [0, 0.05) is 30.7 Å². The van der Waals surface area contributed by atoms with Crippen LogP contribution < -0.4 is 32.2 Å². The van der Waals surface area contributed by atoms with Gasteiger partial charge in [0.05, 0.1) is 32.7 Å². The standard InChI is InChI=1S/C22H21ClN6O3S/c1-2-24-21(31)16-11-15(28-10-4-3-5-20(28)30)6-7-17(16)29-13-14(26-27-29)12-25-22(32)18-8-9-19(23)33-18/h3-11,13,26-27H,2,12H2,1H3,(H,24,31)(H,25,32). The molecule has 0 bridgehead atoms. The van der Waals surface area contributed by atoms with E-state index in [2.05, 4.69) is 21.6 Å². The predicted molar refractivity (Wildman–Crippen MR) is 129 cm³/mol. The molecule has 0 unspecified atom stereocenters. The highest BCUT2D eigenvalue weighted by Gasteiger charge is 2.21. The summed E-state index contributed by atoms with van der Waals surface area (Å²) in [5.74, 6) is -0.501. The van der Waals surface area contributed by atoms with Gasteiger partial charge in [0.2, 0.25) is 0 Å². The largest absolute Gasteiger partial charge is 0.352 e. The van der Waals surface area contributed by atoms with E-state index in [-0.39, 0.29) is 23.9 Å². The van der Waals surface area contributed by atoms with Crippen LogP contribution in [0.15, 0.2) is 71.4 Å². The Kier molecular flexibility index (Phi) is 6.78. The number of pyridine rings is 1. The van der Waals surface area contributed by atoms with Crippen LogP contribution in [0.1, 0.15) is 27.0 Å². The Labute approximate surface area is 198 Å². The fraction of sp³-hybridized carbons (Fsp3) is 0.136. The number of rotatable bonds is 7. The average Bonchev–Trinajstić information content (AvgIpc) is 3.47. The minimum Gasteiger partial charge on any atom is -0.352 e. The Balaban J connectivity index is 1.56. The molecule has 2 amide bonds. The topological polar surface area (TPSA) is 108 Å². The van der Waals surface area contributed by atoms with E-state index in [0.29, 0.717) is 38.4 Å². The maximum absolute atomic E-state index is 12.8. The third kappa shape index (κ3) is 5.08. The number of anilines is 1. The van der Waals surface area contributed by atoms with Gasteiger partial charge in [-0.1, -0.05) is 17.7 Å². The zero-order valence-electron chi connectivity index (χ0n) is 17.6. The summed E-state index contributed by atoms with van der Waals surface area (Å²) in [5.41, 5.74) is 7.98. The molecule has 3 aromatic rings. The first-order valence-electron chi connectivity index (χ1n) is 10.1. The van der Waals surface area contributed by atoms with Crippen molar-refractivity contribution in [2.45, 2.75) is 6.92 Å². The summed E-state index contributed by atoms with van der Waals surface area (Å²) in [6.45, 7) is 2.53. The first-order valence-corrected chi connectivity index (χ1v) is 11.3. The summed E-state index contributed by atoms with van der Waals surface area (Å²) < 4.78 is 2.01. The lowest BCUT2D eigenvalue weighted by Gasteiger charge is -2.20. The van der Waals surface area contributed by atoms with Crippen molar-refractivity contribution >= 4 is 40.4 Å². The molecule has 4 rings (SSSR count). The van der Waals surface area contributed by atoms with Crippen molar-refractivity contribution in [3.63, 3.8) is 0 Å². The average molecular weight is 485 g/mol. The van der Waals surface area contributed by atoms with E-state index >= 15 is 0 Å². The van der Waals surface area contributed by atoms with Crippen molar-refractivity contribution in [2.24, 2.45) is 0 Å². The van der Waals surface area contributed by atoms with E-state index in [1.807, 2.05) is 6.92 Å². The number of benzene rings is 1. The van der Waals surface area contributed by atoms with E-state index < -0.39 is 0 Å². The number of amides is 2. The van der Waals surface area contributed by atoms with Crippen molar-refractivity contribution in [1.82, 2.24) is 26.2 Å². The molecule has 33 heavy (non-hydrogen) atoms. The lowest BCUT2D eigenvalue weighted by atomic mass is 10.1. The van der Waals surface area contributed by atoms with Crippen molar-refractivity contribution in [3.8, 4) is 5.69 Å². The van der Waals surface area contributed by atoms with Crippen LogP contribution in [-0.2, 0) is 0 Å². The molecular formula is C22H21ClN6O3S. The lowest BCUT2D eigenvalue weighted by Crippen LogP contribution is -2.39. The van der Waals surface area contributed by atoms with Crippen LogP contribution in [0.2, 0.25) is 4.34 Å². The Hall–Kier alpha value is -3.60. The Morgan fingerprint density at radius 1 is 1.09 bits per heavy atom. The van der Waals surface area contributed by atoms with E-state index in [4.69, 9.17) is 11.6 Å². The minimum atomic E-state index is -0.273. The molecule has 0 saturated carbocycles. The monoisotopic (exact) mass is 484 g/mol. The molecule has 9 nitrogen and oxygen atoms in total. The number of hydrazine groups is 2. The van der Waals surface area contributed by atoms with Gasteiger partial charge < -0.3 is 16.1 Å². The number of nitrogens with zero attached hydrogens (tertiary/aromatic N) is 2. The maximum Gasteiger partial charge on any atom is 0.261 e. The molecule has 0 aliphatic carbocycles. The van der Waals surface area contributed by atoms with Crippen molar-refractivity contribution in [1.29, 1.82) is 0 Å². The third-order valence-corrected chi connectivity index (χ3v) is 6.01. The van der Waals surface area contributed by atoms with Gasteiger partial charge in [-0.3, -0.25) is 24.0 Å². The number of carbonyl (C=O) groups excluding carboxylic acids is 2. The van der Waals surface area contributed by atoms with Crippen LogP contribution in [0.25, 0.3) is 5.69 Å². The Morgan fingerprint density at radius 2 is 1.94 bits per heavy atom. The van der Waals surface area contributed by atoms with Crippen LogP contribution in [0.4, 0.5) is 5.69 Å². The molecule has 0 atom stereocenters. The van der Waals surface area contributed by atoms with E-state index in [9.17, 15) is 14.4 Å². The normalized spacial score (nSPS) is 12.8. The predicted octanol–water partition coefficient (Wildman–Crippen LogP) is 2.40. The number of carbonyl (C=O) groups is 2. The molecule has 3 heterocycles. The molecule has 1 aromatic carbocycles. The molecule has 0 radical (unpaired) electrons. The van der Waals surface area contributed by atoms with Crippen LogP contribution in [-0.4, -0.2) is 29.5 Å². The zero-order chi connectivity index (χ0) is 23.4. The van der Waals surface area contributed by atoms with E-state index in [0.717, 1.165) is 0 Å². The fourth-order valence-corrected chi connectivity index (χ4v) is 4.19. The molecule has 1 aliphatic rings. The summed E-state index contributed by atoms with van der Waals surface area (Å²) in [6, 6.07) is 13.4. The Morgan fingerprint density at radius 3 is 2.67 bits per heavy atom. The summed E-state index contributed by atoms with van der Waals surface area (Å²) >= 11 is 7.09. The van der Waals surface area contributed by atoms with Crippen LogP contribution in [0.3, 0.4) is 0 Å². The Bertz CT molecular complexity index is 1280. The van der Waals surface area contributed by atoms with Gasteiger partial charge >= 0.3 is 0 Å². The van der Waals surface area contributed by atoms with E-state index in [1.54, 1.807) is 59.9 Å². The molecule has 0 saturated heterocycles. The van der Waals surface area contributed by atoms with Gasteiger partial charge in [0.1, 0.15) is 0 Å². The van der Waals surface area contributed by atoms with Crippen LogP contribution >= 0.6 is 22.9 Å². The molecule has 0 fully saturated rings. The zero-order valence-corrected chi connectivity index (χ0v) is 19.2. The summed E-state index contributed by atoms with van der Waals surface area (Å²) in [6.07, 6.45) is 3.39. The molecular weight excluding hydrogens is 464 g/mol. The number of nitrogens with one attached hydrogen (secondary N) is 4. The second kappa shape index (κ2) is 9.90. The van der Waals surface area contributed by atoms with Gasteiger partial charge in [-0.2, -0.15) is 0 Å². The number of halogens is 1. The molecule has 170 valence electrons. The van der Waals surface area contributed by atoms with Gasteiger partial charge in [-0.05, 0) is 43.3 Å². The van der Waals surface area contributed by atoms with Crippen LogP contribution in [0, 0.1) is 0 Å². The summed E-state index contributed by atoms with van der Waals surface area (Å²) in [5, 5.41) is 7.27. The van der Waals surface area contributed by atoms with Crippen LogP contribution in [0.5, 0.6) is 0 Å². The first-order chi connectivity index (χ1) is 16.0. The number of thiophene rings is 1. The maximum atomic E-state index is 12.8. The second-order valence-electron chi connectivity index (χ2n) is 7.02. The quantitative estimate of drug-likeness (QED) is 0.410. The van der Waals surface area contributed by atoms with Gasteiger partial charge in [0.25, 0.3) is 17.4 Å². The second-order valence-corrected chi connectivity index (χ2v) is 8.73. The fourth-order valence-electron chi connectivity index (χ4n) is 3.23. The van der Waals surface area contributed by atoms with E-state index in [1.165, 1.54) is 22.0 Å². The number of hydrogen-bond donors (Lipinski definition) is 4. The molecule has 1 aliphatic heterocycles. The first kappa shape index (κ1) is 22.6. The smallest absolute Gasteiger partial charge is 0.261 e. The molecule has 4 N–H and O–H groups in total. The molecule has 0 spiro atoms. The van der Waals surface area contributed by atoms with Gasteiger partial charge in [-0.15, -0.1) is 16.9 Å². The SMILES string of the molecule is CCNC(=O)c1cc(-n2ccccc2=O)ccc1N1C=C(CNC(=O)c2ccc(Cl)s2)NN1. The highest BCUT2D eigenvalue weighted by molar-refractivity contribution is 7.18. The van der Waals surface area contributed by atoms with Crippen molar-refractivity contribution < 1.29 is 9.59 Å². The minimum absolute atomic E-state index is 0.196. The summed E-state index contributed by atoms with van der Waals surface area (Å²) in [7, 11) is 0. The highest BCUT2D eigenvalue weighted by Crippen LogP contribution is 2.25. The highest BCUT2D eigenvalue weighted by atomic mass is 35.5. The number of hydrogen-bond acceptors (Lipinski definition) is 7. The third-order valence-electron chi connectivity index (χ3n) is 4.78. The van der Waals surface area contributed by atoms with Gasteiger partial charge in [0.15, 0.2) is 0 Å². The van der Waals surface area contributed by atoms with Crippen molar-refractivity contribution in [2.75, 3.05) is 18.1 Å². The lowest BCUT2D eigenvalue weighted by molar-refractivity contribution is 0.0949. The van der Waals surface area contributed by atoms with Crippen molar-refractivity contribution in [3.05, 3.63) is 91.8 Å². The summed E-state index contributed by atoms with van der Waals surface area (Å²) in [4.78, 5) is 37.8. The number of aromatic nitrogens is 1.